The van der Waals surface area contributed by atoms with Crippen LogP contribution in [-0.4, -0.2) is 5.11 Å². The Morgan fingerprint density at radius 2 is 2.11 bits per heavy atom. The summed E-state index contributed by atoms with van der Waals surface area (Å²) < 4.78 is 1.06. The Morgan fingerprint density at radius 1 is 1.26 bits per heavy atom. The molecule has 98 valence electrons. The van der Waals surface area contributed by atoms with Crippen LogP contribution < -0.4 is 0 Å². The number of fused-ring (bicyclic) bond motifs is 3. The van der Waals surface area contributed by atoms with E-state index in [-0.39, 0.29) is 6.10 Å². The first-order valence-electron chi connectivity index (χ1n) is 6.75. The van der Waals surface area contributed by atoms with E-state index in [1.807, 2.05) is 0 Å². The monoisotopic (exact) mass is 334 g/mol. The number of halogens is 1. The Labute approximate surface area is 125 Å². The van der Waals surface area contributed by atoms with Crippen molar-refractivity contribution in [2.75, 3.05) is 0 Å². The van der Waals surface area contributed by atoms with Gasteiger partial charge in [-0.3, -0.25) is 0 Å². The first kappa shape index (κ1) is 12.1. The molecule has 1 saturated carbocycles. The molecule has 0 aliphatic heterocycles. The van der Waals surface area contributed by atoms with Gasteiger partial charge in [-0.05, 0) is 63.0 Å². The average molecular weight is 335 g/mol. The highest BCUT2D eigenvalue weighted by Gasteiger charge is 2.56. The van der Waals surface area contributed by atoms with Gasteiger partial charge in [0.2, 0.25) is 0 Å². The van der Waals surface area contributed by atoms with Crippen molar-refractivity contribution in [3.63, 3.8) is 0 Å². The van der Waals surface area contributed by atoms with Gasteiger partial charge in [-0.1, -0.05) is 24.3 Å². The molecule has 19 heavy (non-hydrogen) atoms. The van der Waals surface area contributed by atoms with Gasteiger partial charge in [-0.2, -0.15) is 11.3 Å². The number of aliphatic hydroxyl groups is 1. The summed E-state index contributed by atoms with van der Waals surface area (Å²) in [4.78, 5) is 0. The number of benzene rings is 1. The van der Waals surface area contributed by atoms with Crippen LogP contribution in [0.3, 0.4) is 0 Å². The fourth-order valence-electron chi connectivity index (χ4n) is 3.76. The van der Waals surface area contributed by atoms with Gasteiger partial charge < -0.3 is 5.11 Å². The Balaban J connectivity index is 1.66. The highest BCUT2D eigenvalue weighted by atomic mass is 79.9. The summed E-state index contributed by atoms with van der Waals surface area (Å²) in [7, 11) is 0. The molecule has 0 radical (unpaired) electrons. The number of aliphatic hydroxyl groups excluding tert-OH is 1. The van der Waals surface area contributed by atoms with E-state index in [0.29, 0.717) is 17.8 Å². The summed E-state index contributed by atoms with van der Waals surface area (Å²) in [5, 5.41) is 14.8. The van der Waals surface area contributed by atoms with Crippen molar-refractivity contribution in [3.8, 4) is 0 Å². The van der Waals surface area contributed by atoms with Crippen LogP contribution in [0, 0.1) is 11.8 Å². The predicted octanol–water partition coefficient (Wildman–Crippen LogP) is 4.52. The predicted molar refractivity (Wildman–Crippen MR) is 81.5 cm³/mol. The van der Waals surface area contributed by atoms with E-state index in [9.17, 15) is 5.11 Å². The summed E-state index contributed by atoms with van der Waals surface area (Å²) in [6, 6.07) is 8.75. The molecule has 1 aromatic heterocycles. The third-order valence-corrected chi connectivity index (χ3v) is 6.47. The zero-order chi connectivity index (χ0) is 13.0. The molecule has 0 saturated heterocycles. The molecule has 1 fully saturated rings. The molecular formula is C16H15BrOS. The summed E-state index contributed by atoms with van der Waals surface area (Å²) in [5.41, 5.74) is 4.04. The van der Waals surface area contributed by atoms with E-state index in [2.05, 4.69) is 51.0 Å². The van der Waals surface area contributed by atoms with Gasteiger partial charge in [0.15, 0.2) is 0 Å². The number of hydrogen-bond acceptors (Lipinski definition) is 2. The second-order valence-electron chi connectivity index (χ2n) is 5.62. The lowest BCUT2D eigenvalue weighted by molar-refractivity contribution is 0.144. The van der Waals surface area contributed by atoms with Gasteiger partial charge in [0, 0.05) is 15.4 Å². The fraction of sp³-hybridized carbons (Fsp3) is 0.375. The van der Waals surface area contributed by atoms with Crippen molar-refractivity contribution >= 4 is 27.3 Å². The van der Waals surface area contributed by atoms with E-state index >= 15 is 0 Å². The van der Waals surface area contributed by atoms with Gasteiger partial charge in [0.25, 0.3) is 0 Å². The molecule has 4 unspecified atom stereocenters. The van der Waals surface area contributed by atoms with Crippen LogP contribution in [-0.2, 0) is 6.42 Å². The smallest absolute Gasteiger partial charge is 0.0846 e. The third kappa shape index (κ3) is 1.83. The molecule has 2 aromatic rings. The van der Waals surface area contributed by atoms with Crippen molar-refractivity contribution < 1.29 is 5.11 Å². The highest BCUT2D eigenvalue weighted by Crippen LogP contribution is 2.64. The van der Waals surface area contributed by atoms with E-state index in [1.165, 1.54) is 24.0 Å². The van der Waals surface area contributed by atoms with Crippen LogP contribution in [0.15, 0.2) is 39.5 Å². The molecule has 1 nitrogen and oxygen atoms in total. The Kier molecular flexibility index (Phi) is 2.83. The second-order valence-corrected chi connectivity index (χ2v) is 7.22. The van der Waals surface area contributed by atoms with E-state index < -0.39 is 0 Å². The molecule has 4 rings (SSSR count). The Morgan fingerprint density at radius 3 is 2.89 bits per heavy atom. The first-order valence-corrected chi connectivity index (χ1v) is 8.48. The molecule has 0 amide bonds. The minimum Gasteiger partial charge on any atom is -0.388 e. The Hall–Kier alpha value is -0.640. The van der Waals surface area contributed by atoms with Crippen LogP contribution in [0.4, 0.5) is 0 Å². The van der Waals surface area contributed by atoms with Crippen molar-refractivity contribution in [1.82, 2.24) is 0 Å². The van der Waals surface area contributed by atoms with Gasteiger partial charge in [0.1, 0.15) is 0 Å². The zero-order valence-corrected chi connectivity index (χ0v) is 12.8. The number of hydrogen-bond donors (Lipinski definition) is 1. The molecule has 3 heteroatoms. The molecule has 1 aromatic carbocycles. The molecule has 2 aliphatic rings. The van der Waals surface area contributed by atoms with Crippen LogP contribution in [0.2, 0.25) is 0 Å². The van der Waals surface area contributed by atoms with E-state index in [1.54, 1.807) is 11.3 Å². The first-order chi connectivity index (χ1) is 9.27. The van der Waals surface area contributed by atoms with Gasteiger partial charge in [-0.25, -0.2) is 0 Å². The molecule has 4 atom stereocenters. The van der Waals surface area contributed by atoms with Crippen molar-refractivity contribution in [2.45, 2.75) is 24.9 Å². The van der Waals surface area contributed by atoms with E-state index in [4.69, 9.17) is 0 Å². The summed E-state index contributed by atoms with van der Waals surface area (Å²) in [6.45, 7) is 0. The van der Waals surface area contributed by atoms with Gasteiger partial charge >= 0.3 is 0 Å². The third-order valence-electron chi connectivity index (χ3n) is 4.72. The largest absolute Gasteiger partial charge is 0.388 e. The minimum absolute atomic E-state index is 0.318. The maximum Gasteiger partial charge on any atom is 0.0846 e. The van der Waals surface area contributed by atoms with Crippen molar-refractivity contribution in [3.05, 3.63) is 56.2 Å². The van der Waals surface area contributed by atoms with Crippen LogP contribution in [0.1, 0.15) is 35.1 Å². The normalized spacial score (nSPS) is 29.5. The highest BCUT2D eigenvalue weighted by molar-refractivity contribution is 9.10. The van der Waals surface area contributed by atoms with Crippen molar-refractivity contribution in [2.24, 2.45) is 11.8 Å². The topological polar surface area (TPSA) is 20.2 Å². The average Bonchev–Trinajstić information content (AvgIpc) is 3.04. The number of aryl methyl sites for hydroxylation is 1. The molecule has 1 heterocycles. The summed E-state index contributed by atoms with van der Waals surface area (Å²) in [6.07, 6.45) is 2.08. The molecule has 0 spiro atoms. The van der Waals surface area contributed by atoms with Gasteiger partial charge in [0.05, 0.1) is 6.10 Å². The quantitative estimate of drug-likeness (QED) is 0.855. The fourth-order valence-corrected chi connectivity index (χ4v) is 5.32. The van der Waals surface area contributed by atoms with Crippen LogP contribution >= 0.6 is 27.3 Å². The van der Waals surface area contributed by atoms with Crippen LogP contribution in [0.5, 0.6) is 0 Å². The number of rotatable bonds is 2. The lowest BCUT2D eigenvalue weighted by atomic mass is 9.92. The molecular weight excluding hydrogens is 320 g/mol. The Bertz CT molecular complexity index is 621. The molecule has 0 bridgehead atoms. The molecule has 2 aliphatic carbocycles. The van der Waals surface area contributed by atoms with Gasteiger partial charge in [-0.15, -0.1) is 0 Å². The lowest BCUT2D eigenvalue weighted by Crippen LogP contribution is -2.01. The maximum absolute atomic E-state index is 10.7. The minimum atomic E-state index is -0.318. The second kappa shape index (κ2) is 4.44. The van der Waals surface area contributed by atoms with Crippen molar-refractivity contribution in [1.29, 1.82) is 0 Å². The summed E-state index contributed by atoms with van der Waals surface area (Å²) in [5.74, 6) is 1.66. The SMILES string of the molecule is OC(c1cscc1Br)C1C2CCc3ccccc3C21. The maximum atomic E-state index is 10.7. The lowest BCUT2D eigenvalue weighted by Gasteiger charge is -2.13. The van der Waals surface area contributed by atoms with E-state index in [0.717, 1.165) is 10.0 Å². The number of thiophene rings is 1. The van der Waals surface area contributed by atoms with Crippen LogP contribution in [0.25, 0.3) is 0 Å². The zero-order valence-electron chi connectivity index (χ0n) is 10.4. The standard InChI is InChI=1S/C16H15BrOS/c17-13-8-19-7-12(13)16(18)15-11-6-5-9-3-1-2-4-10(9)14(11)15/h1-4,7-8,11,14-16,18H,5-6H2. The summed E-state index contributed by atoms with van der Waals surface area (Å²) >= 11 is 5.20. The molecule has 1 N–H and O–H groups in total.